The van der Waals surface area contributed by atoms with Crippen molar-refractivity contribution in [2.45, 2.75) is 30.5 Å². The molecule has 0 aliphatic rings. The van der Waals surface area contributed by atoms with Crippen LogP contribution in [0.1, 0.15) is 20.3 Å². The van der Waals surface area contributed by atoms with E-state index in [0.29, 0.717) is 10.2 Å². The molecule has 0 amide bonds. The monoisotopic (exact) mass is 341 g/mol. The molecule has 0 radical (unpaired) electrons. The molecule has 7 heteroatoms. The first-order chi connectivity index (χ1) is 7.86. The van der Waals surface area contributed by atoms with E-state index in [4.69, 9.17) is 4.74 Å². The Morgan fingerprint density at radius 2 is 2.18 bits per heavy atom. The Morgan fingerprint density at radius 3 is 2.65 bits per heavy atom. The van der Waals surface area contributed by atoms with Gasteiger partial charge in [0.25, 0.3) is 10.0 Å². The van der Waals surface area contributed by atoms with Crippen LogP contribution in [-0.4, -0.2) is 32.9 Å². The summed E-state index contributed by atoms with van der Waals surface area (Å²) in [5.74, 6) is 0.380. The Morgan fingerprint density at radius 1 is 1.59 bits per heavy atom. The van der Waals surface area contributed by atoms with Gasteiger partial charge < -0.3 is 4.74 Å². The van der Waals surface area contributed by atoms with Crippen molar-refractivity contribution in [1.29, 1.82) is 0 Å². The first kappa shape index (κ1) is 14.9. The molecule has 1 heterocycles. The molecule has 0 saturated carbocycles. The molecule has 1 unspecified atom stereocenters. The van der Waals surface area contributed by atoms with Crippen LogP contribution in [0.15, 0.2) is 14.1 Å². The smallest absolute Gasteiger partial charge is 0.256 e. The maximum absolute atomic E-state index is 12.4. The first-order valence-corrected chi connectivity index (χ1v) is 8.26. The second-order valence-corrected chi connectivity index (χ2v) is 7.61. The molecule has 1 atom stereocenters. The van der Waals surface area contributed by atoms with Gasteiger partial charge in [0, 0.05) is 18.5 Å². The van der Waals surface area contributed by atoms with E-state index in [1.54, 1.807) is 12.4 Å². The number of hydrogen-bond acceptors (Lipinski definition) is 4. The van der Waals surface area contributed by atoms with Gasteiger partial charge >= 0.3 is 0 Å². The molecular formula is C10H16BrNO3S2. The molecule has 0 fully saturated rings. The predicted molar refractivity (Wildman–Crippen MR) is 73.3 cm³/mol. The lowest BCUT2D eigenvalue weighted by atomic mass is 10.3. The summed E-state index contributed by atoms with van der Waals surface area (Å²) in [6, 6.07) is -0.0365. The summed E-state index contributed by atoms with van der Waals surface area (Å²) < 4.78 is 32.1. The van der Waals surface area contributed by atoms with Gasteiger partial charge in [0.1, 0.15) is 0 Å². The van der Waals surface area contributed by atoms with Crippen LogP contribution < -0.4 is 4.74 Å². The highest BCUT2D eigenvalue weighted by Crippen LogP contribution is 2.39. The van der Waals surface area contributed by atoms with Crippen molar-refractivity contribution >= 4 is 37.3 Å². The molecular weight excluding hydrogens is 326 g/mol. The van der Waals surface area contributed by atoms with Crippen LogP contribution in [0.5, 0.6) is 5.75 Å². The number of thiophene rings is 1. The van der Waals surface area contributed by atoms with Crippen LogP contribution in [0.3, 0.4) is 0 Å². The average Bonchev–Trinajstić information content (AvgIpc) is 2.68. The maximum Gasteiger partial charge on any atom is 0.256 e. The number of hydrogen-bond donors (Lipinski definition) is 0. The van der Waals surface area contributed by atoms with Gasteiger partial charge in [0.15, 0.2) is 9.96 Å². The lowest BCUT2D eigenvalue weighted by Gasteiger charge is -2.22. The third-order valence-electron chi connectivity index (χ3n) is 2.70. The zero-order chi connectivity index (χ0) is 13.2. The SMILES string of the molecule is CCC(C)N(C)S(=O)(=O)c1scc(Br)c1OC. The number of methoxy groups -OCH3 is 1. The van der Waals surface area contributed by atoms with Gasteiger partial charge in [0.05, 0.1) is 11.6 Å². The van der Waals surface area contributed by atoms with Gasteiger partial charge in [-0.15, -0.1) is 11.3 Å². The molecule has 1 aromatic rings. The number of rotatable bonds is 5. The fraction of sp³-hybridized carbons (Fsp3) is 0.600. The lowest BCUT2D eigenvalue weighted by molar-refractivity contribution is 0.373. The van der Waals surface area contributed by atoms with Crippen molar-refractivity contribution in [1.82, 2.24) is 4.31 Å². The molecule has 4 nitrogen and oxygen atoms in total. The molecule has 98 valence electrons. The van der Waals surface area contributed by atoms with Gasteiger partial charge in [-0.1, -0.05) is 6.92 Å². The van der Waals surface area contributed by atoms with Crippen LogP contribution in [0, 0.1) is 0 Å². The van der Waals surface area contributed by atoms with E-state index in [9.17, 15) is 8.42 Å². The van der Waals surface area contributed by atoms with E-state index in [-0.39, 0.29) is 10.3 Å². The van der Waals surface area contributed by atoms with E-state index in [0.717, 1.165) is 17.8 Å². The topological polar surface area (TPSA) is 46.6 Å². The van der Waals surface area contributed by atoms with Crippen LogP contribution in [0.2, 0.25) is 0 Å². The molecule has 0 aliphatic heterocycles. The summed E-state index contributed by atoms with van der Waals surface area (Å²) >= 11 is 4.44. The molecule has 17 heavy (non-hydrogen) atoms. The second kappa shape index (κ2) is 5.69. The van der Waals surface area contributed by atoms with E-state index >= 15 is 0 Å². The van der Waals surface area contributed by atoms with Crippen molar-refractivity contribution in [3.8, 4) is 5.75 Å². The van der Waals surface area contributed by atoms with Gasteiger partial charge in [-0.05, 0) is 29.3 Å². The summed E-state index contributed by atoms with van der Waals surface area (Å²) in [4.78, 5) is 0. The Bertz CT molecular complexity index is 484. The van der Waals surface area contributed by atoms with E-state index in [1.165, 1.54) is 11.4 Å². The number of nitrogens with zero attached hydrogens (tertiary/aromatic N) is 1. The number of ether oxygens (including phenoxy) is 1. The molecule has 0 spiro atoms. The van der Waals surface area contributed by atoms with Crippen molar-refractivity contribution in [2.75, 3.05) is 14.2 Å². The van der Waals surface area contributed by atoms with Crippen molar-refractivity contribution in [3.05, 3.63) is 9.85 Å². The highest BCUT2D eigenvalue weighted by atomic mass is 79.9. The van der Waals surface area contributed by atoms with Gasteiger partial charge in [-0.3, -0.25) is 0 Å². The van der Waals surface area contributed by atoms with Gasteiger partial charge in [0.2, 0.25) is 0 Å². The maximum atomic E-state index is 12.4. The van der Waals surface area contributed by atoms with E-state index in [1.807, 2.05) is 13.8 Å². The van der Waals surface area contributed by atoms with E-state index in [2.05, 4.69) is 15.9 Å². The zero-order valence-corrected chi connectivity index (χ0v) is 13.4. The van der Waals surface area contributed by atoms with Crippen LogP contribution >= 0.6 is 27.3 Å². The Kier molecular flexibility index (Phi) is 5.00. The number of halogens is 1. The summed E-state index contributed by atoms with van der Waals surface area (Å²) in [6.45, 7) is 3.84. The first-order valence-electron chi connectivity index (χ1n) is 5.15. The fourth-order valence-electron chi connectivity index (χ4n) is 1.29. The van der Waals surface area contributed by atoms with E-state index < -0.39 is 10.0 Å². The standard InChI is InChI=1S/C10H16BrNO3S2/c1-5-7(2)12(3)17(13,14)10-9(15-4)8(11)6-16-10/h6-7H,5H2,1-4H3. The highest BCUT2D eigenvalue weighted by molar-refractivity contribution is 9.10. The molecule has 0 aliphatic carbocycles. The summed E-state index contributed by atoms with van der Waals surface area (Å²) in [5.41, 5.74) is 0. The minimum Gasteiger partial charge on any atom is -0.493 e. The van der Waals surface area contributed by atoms with Gasteiger partial charge in [-0.2, -0.15) is 4.31 Å². The minimum atomic E-state index is -3.48. The Labute approximate surface area is 115 Å². The Hall–Kier alpha value is -0.110. The van der Waals surface area contributed by atoms with Crippen LogP contribution in [0.25, 0.3) is 0 Å². The second-order valence-electron chi connectivity index (χ2n) is 3.68. The average molecular weight is 342 g/mol. The van der Waals surface area contributed by atoms with Crippen LogP contribution in [0.4, 0.5) is 0 Å². The van der Waals surface area contributed by atoms with Gasteiger partial charge in [-0.25, -0.2) is 8.42 Å². The van der Waals surface area contributed by atoms with Crippen molar-refractivity contribution < 1.29 is 13.2 Å². The summed E-state index contributed by atoms with van der Waals surface area (Å²) in [5, 5.41) is 1.72. The predicted octanol–water partition coefficient (Wildman–Crippen LogP) is 2.94. The normalized spacial score (nSPS) is 14.0. The number of sulfonamides is 1. The molecule has 0 N–H and O–H groups in total. The van der Waals surface area contributed by atoms with Crippen molar-refractivity contribution in [3.63, 3.8) is 0 Å². The Balaban J connectivity index is 3.22. The molecule has 0 saturated heterocycles. The molecule has 1 rings (SSSR count). The van der Waals surface area contributed by atoms with Crippen molar-refractivity contribution in [2.24, 2.45) is 0 Å². The molecule has 0 bridgehead atoms. The third kappa shape index (κ3) is 2.83. The fourth-order valence-corrected chi connectivity index (χ4v) is 5.11. The highest BCUT2D eigenvalue weighted by Gasteiger charge is 2.30. The summed E-state index contributed by atoms with van der Waals surface area (Å²) in [6.07, 6.45) is 0.768. The quantitative estimate of drug-likeness (QED) is 0.827. The molecule has 0 aromatic carbocycles. The summed E-state index contributed by atoms with van der Waals surface area (Å²) in [7, 11) is -0.414. The largest absolute Gasteiger partial charge is 0.493 e. The zero-order valence-electron chi connectivity index (χ0n) is 10.2. The lowest BCUT2D eigenvalue weighted by Crippen LogP contribution is -2.34. The third-order valence-corrected chi connectivity index (χ3v) is 7.04. The minimum absolute atomic E-state index is 0.0365. The molecule has 1 aromatic heterocycles. The van der Waals surface area contributed by atoms with Crippen LogP contribution in [-0.2, 0) is 10.0 Å².